The molecule has 0 aliphatic heterocycles. The maximum absolute atomic E-state index is 12.6. The van der Waals surface area contributed by atoms with Gasteiger partial charge in [0.15, 0.2) is 5.69 Å². The molecule has 19 heavy (non-hydrogen) atoms. The lowest BCUT2D eigenvalue weighted by Gasteiger charge is -2.11. The summed E-state index contributed by atoms with van der Waals surface area (Å²) in [6, 6.07) is 0.722. The number of nitrogens with zero attached hydrogens (tertiary/aromatic N) is 2. The molecule has 1 rings (SSSR count). The fraction of sp³-hybridized carbons (Fsp3) is 0.500. The highest BCUT2D eigenvalue weighted by molar-refractivity contribution is 5.74. The van der Waals surface area contributed by atoms with E-state index < -0.39 is 17.8 Å². The summed E-state index contributed by atoms with van der Waals surface area (Å²) in [5.41, 5.74) is -1.10. The minimum atomic E-state index is -4.59. The number of hydrogen-bond donors (Lipinski definition) is 2. The van der Waals surface area contributed by atoms with Gasteiger partial charge in [-0.15, -0.1) is 0 Å². The van der Waals surface area contributed by atoms with Crippen LogP contribution in [0.4, 0.5) is 24.9 Å². The number of rotatable bonds is 5. The van der Waals surface area contributed by atoms with Gasteiger partial charge in [-0.25, -0.2) is 4.98 Å². The number of ether oxygens (including phenoxy) is 1. The predicted molar refractivity (Wildman–Crippen MR) is 61.7 cm³/mol. The van der Waals surface area contributed by atoms with Crippen molar-refractivity contribution in [2.45, 2.75) is 13.1 Å². The van der Waals surface area contributed by atoms with Crippen LogP contribution in [0.25, 0.3) is 0 Å². The fourth-order valence-electron chi connectivity index (χ4n) is 1.17. The van der Waals surface area contributed by atoms with Crippen LogP contribution in [0, 0.1) is 0 Å². The van der Waals surface area contributed by atoms with Crippen molar-refractivity contribution < 1.29 is 22.7 Å². The lowest BCUT2D eigenvalue weighted by molar-refractivity contribution is -0.141. The lowest BCUT2D eigenvalue weighted by atomic mass is 10.3. The standard InChI is InChI=1S/C10H13F3N4O2/c1-3-19-8(18)5-15-7-4-6(10(11,12)13)16-9(14-2)17-7/h4H,3,5H2,1-2H3,(H2,14,15,16,17). The summed E-state index contributed by atoms with van der Waals surface area (Å²) < 4.78 is 42.3. The molecule has 1 aromatic heterocycles. The molecule has 6 nitrogen and oxygen atoms in total. The van der Waals surface area contributed by atoms with Gasteiger partial charge >= 0.3 is 12.1 Å². The van der Waals surface area contributed by atoms with Crippen LogP contribution in [0.3, 0.4) is 0 Å². The molecule has 0 bridgehead atoms. The summed E-state index contributed by atoms with van der Waals surface area (Å²) in [5, 5.41) is 4.87. The molecule has 106 valence electrons. The zero-order chi connectivity index (χ0) is 14.5. The van der Waals surface area contributed by atoms with E-state index in [-0.39, 0.29) is 24.9 Å². The first-order valence-corrected chi connectivity index (χ1v) is 5.40. The largest absolute Gasteiger partial charge is 0.465 e. The molecule has 0 unspecified atom stereocenters. The van der Waals surface area contributed by atoms with Crippen LogP contribution in [0.2, 0.25) is 0 Å². The Morgan fingerprint density at radius 1 is 1.42 bits per heavy atom. The number of carbonyl (C=O) groups excluding carboxylic acids is 1. The van der Waals surface area contributed by atoms with Crippen molar-refractivity contribution >= 4 is 17.7 Å². The van der Waals surface area contributed by atoms with Crippen molar-refractivity contribution in [3.05, 3.63) is 11.8 Å². The molecule has 0 amide bonds. The highest BCUT2D eigenvalue weighted by Gasteiger charge is 2.33. The molecule has 0 aromatic carbocycles. The molecular formula is C10H13F3N4O2. The lowest BCUT2D eigenvalue weighted by Crippen LogP contribution is -2.19. The number of nitrogens with one attached hydrogen (secondary N) is 2. The number of hydrogen-bond acceptors (Lipinski definition) is 6. The molecule has 9 heteroatoms. The third-order valence-corrected chi connectivity index (χ3v) is 1.96. The predicted octanol–water partition coefficient (Wildman–Crippen LogP) is 1.51. The maximum Gasteiger partial charge on any atom is 0.433 e. The van der Waals surface area contributed by atoms with Gasteiger partial charge in [0.05, 0.1) is 6.61 Å². The monoisotopic (exact) mass is 278 g/mol. The molecule has 0 saturated heterocycles. The third-order valence-electron chi connectivity index (χ3n) is 1.96. The van der Waals surface area contributed by atoms with E-state index in [0.717, 1.165) is 6.07 Å². The average molecular weight is 278 g/mol. The van der Waals surface area contributed by atoms with Gasteiger partial charge in [0.25, 0.3) is 0 Å². The Bertz CT molecular complexity index is 451. The van der Waals surface area contributed by atoms with Gasteiger partial charge in [-0.2, -0.15) is 18.2 Å². The Kier molecular flexibility index (Phi) is 4.90. The zero-order valence-corrected chi connectivity index (χ0v) is 10.3. The number of esters is 1. The van der Waals surface area contributed by atoms with Gasteiger partial charge in [0.2, 0.25) is 5.95 Å². The number of anilines is 2. The highest BCUT2D eigenvalue weighted by atomic mass is 19.4. The number of carbonyl (C=O) groups is 1. The molecule has 0 fully saturated rings. The Labute approximate surface area is 107 Å². The van der Waals surface area contributed by atoms with Crippen molar-refractivity contribution in [3.63, 3.8) is 0 Å². The quantitative estimate of drug-likeness (QED) is 0.795. The second kappa shape index (κ2) is 6.21. The van der Waals surface area contributed by atoms with E-state index in [4.69, 9.17) is 0 Å². The van der Waals surface area contributed by atoms with Crippen LogP contribution in [0.5, 0.6) is 0 Å². The van der Waals surface area contributed by atoms with Gasteiger partial charge in [0.1, 0.15) is 12.4 Å². The van der Waals surface area contributed by atoms with E-state index in [2.05, 4.69) is 25.3 Å². The average Bonchev–Trinajstić information content (AvgIpc) is 2.35. The minimum Gasteiger partial charge on any atom is -0.465 e. The van der Waals surface area contributed by atoms with Crippen LogP contribution in [-0.2, 0) is 15.7 Å². The first kappa shape index (κ1) is 15.0. The second-order valence-corrected chi connectivity index (χ2v) is 3.37. The molecule has 0 aliphatic rings. The summed E-state index contributed by atoms with van der Waals surface area (Å²) in [6.45, 7) is 1.55. The summed E-state index contributed by atoms with van der Waals surface area (Å²) in [6.07, 6.45) is -4.59. The topological polar surface area (TPSA) is 76.1 Å². The molecule has 0 aliphatic carbocycles. The minimum absolute atomic E-state index is 0.111. The van der Waals surface area contributed by atoms with Gasteiger partial charge in [-0.3, -0.25) is 4.79 Å². The maximum atomic E-state index is 12.6. The third kappa shape index (κ3) is 4.60. The molecule has 0 atom stereocenters. The molecular weight excluding hydrogens is 265 g/mol. The number of aromatic nitrogens is 2. The van der Waals surface area contributed by atoms with E-state index in [1.165, 1.54) is 7.05 Å². The molecule has 1 aromatic rings. The Morgan fingerprint density at radius 2 is 2.11 bits per heavy atom. The van der Waals surface area contributed by atoms with Crippen molar-refractivity contribution in [2.24, 2.45) is 0 Å². The van der Waals surface area contributed by atoms with E-state index in [0.29, 0.717) is 0 Å². The van der Waals surface area contributed by atoms with Crippen LogP contribution >= 0.6 is 0 Å². The smallest absolute Gasteiger partial charge is 0.433 e. The van der Waals surface area contributed by atoms with Crippen molar-refractivity contribution in [2.75, 3.05) is 30.8 Å². The molecule has 1 heterocycles. The van der Waals surface area contributed by atoms with Crippen LogP contribution in [0.15, 0.2) is 6.07 Å². The first-order chi connectivity index (χ1) is 8.86. The molecule has 2 N–H and O–H groups in total. The van der Waals surface area contributed by atoms with Crippen LogP contribution in [0.1, 0.15) is 12.6 Å². The SMILES string of the molecule is CCOC(=O)CNc1cc(C(F)(F)F)nc(NC)n1. The van der Waals surface area contributed by atoms with Gasteiger partial charge in [-0.05, 0) is 6.92 Å². The van der Waals surface area contributed by atoms with E-state index >= 15 is 0 Å². The van der Waals surface area contributed by atoms with E-state index in [1.54, 1.807) is 6.92 Å². The number of alkyl halides is 3. The highest BCUT2D eigenvalue weighted by Crippen LogP contribution is 2.29. The van der Waals surface area contributed by atoms with Crippen molar-refractivity contribution in [1.29, 1.82) is 0 Å². The van der Waals surface area contributed by atoms with Crippen LogP contribution in [-0.4, -0.2) is 36.1 Å². The van der Waals surface area contributed by atoms with E-state index in [9.17, 15) is 18.0 Å². The van der Waals surface area contributed by atoms with Crippen molar-refractivity contribution in [1.82, 2.24) is 9.97 Å². The van der Waals surface area contributed by atoms with Crippen LogP contribution < -0.4 is 10.6 Å². The summed E-state index contributed by atoms with van der Waals surface area (Å²) in [7, 11) is 1.39. The number of halogens is 3. The Balaban J connectivity index is 2.86. The van der Waals surface area contributed by atoms with Gasteiger partial charge in [0, 0.05) is 13.1 Å². The summed E-state index contributed by atoms with van der Waals surface area (Å²) in [4.78, 5) is 18.1. The Hall–Kier alpha value is -2.06. The van der Waals surface area contributed by atoms with Gasteiger partial charge in [-0.1, -0.05) is 0 Å². The molecule has 0 spiro atoms. The second-order valence-electron chi connectivity index (χ2n) is 3.37. The summed E-state index contributed by atoms with van der Waals surface area (Å²) >= 11 is 0. The molecule has 0 radical (unpaired) electrons. The molecule has 0 saturated carbocycles. The Morgan fingerprint density at radius 3 is 2.63 bits per heavy atom. The fourth-order valence-corrected chi connectivity index (χ4v) is 1.17. The first-order valence-electron chi connectivity index (χ1n) is 5.40. The van der Waals surface area contributed by atoms with Gasteiger partial charge < -0.3 is 15.4 Å². The zero-order valence-electron chi connectivity index (χ0n) is 10.3. The summed E-state index contributed by atoms with van der Waals surface area (Å²) in [5.74, 6) is -0.887. The normalized spacial score (nSPS) is 11.0. The van der Waals surface area contributed by atoms with E-state index in [1.807, 2.05) is 0 Å². The van der Waals surface area contributed by atoms with Crippen molar-refractivity contribution in [3.8, 4) is 0 Å².